The Hall–Kier alpha value is -1.72. The van der Waals surface area contributed by atoms with Crippen molar-refractivity contribution in [2.75, 3.05) is 25.1 Å². The number of hydrogen-bond acceptors (Lipinski definition) is 3. The lowest BCUT2D eigenvalue weighted by Crippen LogP contribution is -2.38. The molecule has 2 aromatic carbocycles. The van der Waals surface area contributed by atoms with Gasteiger partial charge in [0.15, 0.2) is 5.96 Å². The molecule has 0 amide bonds. The largest absolute Gasteiger partial charge is 0.573 e. The van der Waals surface area contributed by atoms with Gasteiger partial charge in [0.05, 0.1) is 6.54 Å². The molecule has 1 aliphatic heterocycles. The van der Waals surface area contributed by atoms with Gasteiger partial charge in [0.25, 0.3) is 0 Å². The maximum absolute atomic E-state index is 12.2. The molecule has 164 valence electrons. The molecule has 1 heterocycles. The minimum Gasteiger partial charge on any atom is -0.406 e. The van der Waals surface area contributed by atoms with Crippen LogP contribution in [-0.4, -0.2) is 32.1 Å². The van der Waals surface area contributed by atoms with Crippen molar-refractivity contribution in [1.82, 2.24) is 0 Å². The fraction of sp³-hybridized carbons (Fsp3) is 0.350. The Morgan fingerprint density at radius 1 is 1.13 bits per heavy atom. The van der Waals surface area contributed by atoms with E-state index in [0.29, 0.717) is 30.5 Å². The van der Waals surface area contributed by atoms with E-state index in [9.17, 15) is 13.2 Å². The lowest BCUT2D eigenvalue weighted by atomic mass is 9.74. The van der Waals surface area contributed by atoms with Crippen LogP contribution in [0.4, 0.5) is 18.9 Å². The first-order valence-electron chi connectivity index (χ1n) is 9.03. The molecule has 5 nitrogen and oxygen atoms in total. The Labute approximate surface area is 194 Å². The molecular weight excluding hydrogens is 534 g/mol. The Morgan fingerprint density at radius 2 is 1.77 bits per heavy atom. The van der Waals surface area contributed by atoms with Gasteiger partial charge in [-0.25, -0.2) is 0 Å². The summed E-state index contributed by atoms with van der Waals surface area (Å²) in [6.07, 6.45) is -3.21. The molecule has 0 radical (unpaired) electrons. The van der Waals surface area contributed by atoms with Gasteiger partial charge in [-0.3, -0.25) is 4.99 Å². The second-order valence-corrected chi connectivity index (χ2v) is 7.18. The van der Waals surface area contributed by atoms with Crippen molar-refractivity contribution >= 4 is 47.2 Å². The summed E-state index contributed by atoms with van der Waals surface area (Å²) in [4.78, 5) is 4.47. The van der Waals surface area contributed by atoms with Gasteiger partial charge in [-0.1, -0.05) is 29.8 Å². The van der Waals surface area contributed by atoms with Crippen LogP contribution in [0.2, 0.25) is 5.02 Å². The maximum atomic E-state index is 12.2. The number of anilines is 1. The predicted molar refractivity (Wildman–Crippen MR) is 122 cm³/mol. The minimum absolute atomic E-state index is 0. The minimum atomic E-state index is -4.73. The van der Waals surface area contributed by atoms with Crippen LogP contribution in [0, 0.1) is 0 Å². The van der Waals surface area contributed by atoms with Gasteiger partial charge < -0.3 is 20.5 Å². The molecule has 10 heteroatoms. The van der Waals surface area contributed by atoms with Gasteiger partial charge >= 0.3 is 6.36 Å². The average Bonchev–Trinajstić information content (AvgIpc) is 2.68. The summed E-state index contributed by atoms with van der Waals surface area (Å²) in [5, 5.41) is 3.56. The van der Waals surface area contributed by atoms with E-state index in [1.54, 1.807) is 0 Å². The van der Waals surface area contributed by atoms with E-state index < -0.39 is 6.36 Å². The highest BCUT2D eigenvalue weighted by Crippen LogP contribution is 2.39. The SMILES string of the molecule is I.NC(=NCC1(c2ccccc2Cl)CCOCC1)Nc1ccc(OC(F)(F)F)cc1. The first-order chi connectivity index (χ1) is 13.8. The number of benzene rings is 2. The third kappa shape index (κ3) is 6.64. The van der Waals surface area contributed by atoms with Crippen molar-refractivity contribution in [3.05, 3.63) is 59.1 Å². The van der Waals surface area contributed by atoms with E-state index in [2.05, 4.69) is 15.0 Å². The Bertz CT molecular complexity index is 857. The van der Waals surface area contributed by atoms with E-state index in [1.807, 2.05) is 24.3 Å². The van der Waals surface area contributed by atoms with Gasteiger partial charge in [-0.15, -0.1) is 37.1 Å². The number of guanidine groups is 1. The van der Waals surface area contributed by atoms with Crippen LogP contribution in [0.1, 0.15) is 18.4 Å². The van der Waals surface area contributed by atoms with E-state index in [1.165, 1.54) is 24.3 Å². The first-order valence-corrected chi connectivity index (χ1v) is 9.41. The van der Waals surface area contributed by atoms with Gasteiger partial charge in [-0.2, -0.15) is 0 Å². The Morgan fingerprint density at radius 3 is 2.37 bits per heavy atom. The summed E-state index contributed by atoms with van der Waals surface area (Å²) in [5.74, 6) is -0.147. The van der Waals surface area contributed by atoms with E-state index in [-0.39, 0.29) is 41.1 Å². The van der Waals surface area contributed by atoms with Crippen molar-refractivity contribution in [3.8, 4) is 5.75 Å². The zero-order chi connectivity index (χ0) is 20.9. The molecule has 1 aliphatic rings. The third-order valence-electron chi connectivity index (χ3n) is 4.81. The highest BCUT2D eigenvalue weighted by atomic mass is 127. The van der Waals surface area contributed by atoms with E-state index >= 15 is 0 Å². The topological polar surface area (TPSA) is 68.9 Å². The lowest BCUT2D eigenvalue weighted by Gasteiger charge is -2.37. The zero-order valence-corrected chi connectivity index (χ0v) is 19.0. The van der Waals surface area contributed by atoms with Crippen LogP contribution in [-0.2, 0) is 10.2 Å². The number of hydrogen-bond donors (Lipinski definition) is 2. The quantitative estimate of drug-likeness (QED) is 0.297. The van der Waals surface area contributed by atoms with Gasteiger partial charge in [-0.05, 0) is 48.7 Å². The van der Waals surface area contributed by atoms with Crippen molar-refractivity contribution in [1.29, 1.82) is 0 Å². The second kappa shape index (κ2) is 10.5. The molecule has 2 aromatic rings. The molecule has 0 saturated carbocycles. The number of alkyl halides is 3. The molecule has 0 bridgehead atoms. The van der Waals surface area contributed by atoms with Crippen molar-refractivity contribution in [3.63, 3.8) is 0 Å². The van der Waals surface area contributed by atoms with Crippen molar-refractivity contribution in [2.45, 2.75) is 24.6 Å². The highest BCUT2D eigenvalue weighted by molar-refractivity contribution is 14.0. The van der Waals surface area contributed by atoms with Crippen molar-refractivity contribution < 1.29 is 22.6 Å². The number of halogens is 5. The molecule has 0 atom stereocenters. The van der Waals surface area contributed by atoms with Crippen LogP contribution in [0.15, 0.2) is 53.5 Å². The summed E-state index contributed by atoms with van der Waals surface area (Å²) in [6.45, 7) is 1.62. The van der Waals surface area contributed by atoms with Crippen molar-refractivity contribution in [2.24, 2.45) is 10.7 Å². The van der Waals surface area contributed by atoms with Gasteiger partial charge in [0.1, 0.15) is 5.75 Å². The van der Waals surface area contributed by atoms with Crippen LogP contribution in [0.5, 0.6) is 5.75 Å². The van der Waals surface area contributed by atoms with Gasteiger partial charge in [0, 0.05) is 29.3 Å². The standard InChI is InChI=1S/C20H21ClF3N3O2.HI/c21-17-4-2-1-3-16(17)19(9-11-28-12-10-19)13-26-18(25)27-14-5-7-15(8-6-14)29-20(22,23)24;/h1-8H,9-13H2,(H3,25,26,27);1H. The molecule has 1 saturated heterocycles. The molecule has 0 aliphatic carbocycles. The van der Waals surface area contributed by atoms with E-state index in [0.717, 1.165) is 18.4 Å². The first kappa shape index (κ1) is 24.5. The second-order valence-electron chi connectivity index (χ2n) is 6.77. The molecule has 0 spiro atoms. The summed E-state index contributed by atoms with van der Waals surface area (Å²) in [6, 6.07) is 12.9. The normalized spacial score (nSPS) is 16.5. The smallest absolute Gasteiger partial charge is 0.406 e. The van der Waals surface area contributed by atoms with Gasteiger partial charge in [0.2, 0.25) is 0 Å². The molecule has 30 heavy (non-hydrogen) atoms. The maximum Gasteiger partial charge on any atom is 0.573 e. The van der Waals surface area contributed by atoms with Crippen LogP contribution >= 0.6 is 35.6 Å². The molecule has 3 rings (SSSR count). The van der Waals surface area contributed by atoms with E-state index in [4.69, 9.17) is 22.1 Å². The summed E-state index contributed by atoms with van der Waals surface area (Å²) in [5.41, 5.74) is 7.23. The molecule has 0 unspecified atom stereocenters. The Kier molecular flexibility index (Phi) is 8.62. The summed E-state index contributed by atoms with van der Waals surface area (Å²) < 4.78 is 46.1. The number of aliphatic imine (C=N–C) groups is 1. The summed E-state index contributed by atoms with van der Waals surface area (Å²) >= 11 is 6.42. The molecule has 0 aromatic heterocycles. The molecule has 1 fully saturated rings. The lowest BCUT2D eigenvalue weighted by molar-refractivity contribution is -0.274. The average molecular weight is 556 g/mol. The zero-order valence-electron chi connectivity index (χ0n) is 15.9. The number of nitrogens with zero attached hydrogens (tertiary/aromatic N) is 1. The van der Waals surface area contributed by atoms with Crippen LogP contribution in [0.25, 0.3) is 0 Å². The monoisotopic (exact) mass is 555 g/mol. The third-order valence-corrected chi connectivity index (χ3v) is 5.14. The Balaban J connectivity index is 0.00000320. The number of nitrogens with one attached hydrogen (secondary N) is 1. The number of ether oxygens (including phenoxy) is 2. The highest BCUT2D eigenvalue weighted by Gasteiger charge is 2.36. The fourth-order valence-electron chi connectivity index (χ4n) is 3.33. The fourth-order valence-corrected chi connectivity index (χ4v) is 3.67. The summed E-state index contributed by atoms with van der Waals surface area (Å²) in [7, 11) is 0. The number of nitrogens with two attached hydrogens (primary N) is 1. The van der Waals surface area contributed by atoms with Crippen LogP contribution < -0.4 is 15.8 Å². The molecular formula is C20H22ClF3IN3O2. The van der Waals surface area contributed by atoms with Crippen LogP contribution in [0.3, 0.4) is 0 Å². The number of rotatable bonds is 5. The molecule has 3 N–H and O–H groups in total. The predicted octanol–water partition coefficient (Wildman–Crippen LogP) is 5.33.